The molecule has 1 unspecified atom stereocenters. The molecule has 32 heavy (non-hydrogen) atoms. The first-order valence-electron chi connectivity index (χ1n) is 9.81. The maximum absolute atomic E-state index is 12.4. The Morgan fingerprint density at radius 2 is 1.66 bits per heavy atom. The average Bonchev–Trinajstić information content (AvgIpc) is 3.10. The van der Waals surface area contributed by atoms with Crippen molar-refractivity contribution in [3.63, 3.8) is 0 Å². The van der Waals surface area contributed by atoms with Crippen LogP contribution in [0.4, 0.5) is 5.69 Å². The number of carbonyl (C=O) groups excluding carboxylic acids is 3. The number of amides is 2. The van der Waals surface area contributed by atoms with Gasteiger partial charge in [0, 0.05) is 11.3 Å². The number of ether oxygens (including phenoxy) is 2. The molecule has 9 heteroatoms. The van der Waals surface area contributed by atoms with Crippen LogP contribution in [0, 0.1) is 13.8 Å². The molecule has 3 N–H and O–H groups in total. The van der Waals surface area contributed by atoms with Gasteiger partial charge in [0.15, 0.2) is 6.10 Å². The van der Waals surface area contributed by atoms with Gasteiger partial charge in [0.2, 0.25) is 5.91 Å². The Hall–Kier alpha value is -4.14. The van der Waals surface area contributed by atoms with E-state index in [0.29, 0.717) is 29.4 Å². The SMILES string of the molecule is Cc1noc(C)c1COc1ccc(C(=O)OC(C)C(=O)Nc2ccc(C(N)=O)cc2)cc1. The summed E-state index contributed by atoms with van der Waals surface area (Å²) in [6.07, 6.45) is -1.03. The molecule has 166 valence electrons. The Morgan fingerprint density at radius 3 is 2.22 bits per heavy atom. The number of aromatic nitrogens is 1. The highest BCUT2D eigenvalue weighted by Gasteiger charge is 2.19. The van der Waals surface area contributed by atoms with Gasteiger partial charge in [0.25, 0.3) is 5.91 Å². The summed E-state index contributed by atoms with van der Waals surface area (Å²) in [7, 11) is 0. The predicted molar refractivity (Wildman–Crippen MR) is 115 cm³/mol. The minimum atomic E-state index is -1.03. The topological polar surface area (TPSA) is 134 Å². The van der Waals surface area contributed by atoms with Crippen LogP contribution < -0.4 is 15.8 Å². The van der Waals surface area contributed by atoms with Crippen LogP contribution in [0.1, 0.15) is 44.7 Å². The first kappa shape index (κ1) is 22.5. The number of hydrogen-bond acceptors (Lipinski definition) is 7. The highest BCUT2D eigenvalue weighted by molar-refractivity contribution is 5.98. The van der Waals surface area contributed by atoms with Crippen molar-refractivity contribution in [1.82, 2.24) is 5.16 Å². The molecule has 0 aliphatic rings. The Labute approximate surface area is 184 Å². The van der Waals surface area contributed by atoms with E-state index in [9.17, 15) is 14.4 Å². The summed E-state index contributed by atoms with van der Waals surface area (Å²) in [5.74, 6) is -0.463. The molecule has 0 saturated carbocycles. The van der Waals surface area contributed by atoms with Crippen LogP contribution in [0.2, 0.25) is 0 Å². The lowest BCUT2D eigenvalue weighted by Gasteiger charge is -2.14. The number of primary amides is 1. The zero-order valence-corrected chi connectivity index (χ0v) is 17.9. The zero-order chi connectivity index (χ0) is 23.3. The zero-order valence-electron chi connectivity index (χ0n) is 17.9. The maximum atomic E-state index is 12.4. The standard InChI is InChI=1S/C23H23N3O6/c1-13-20(14(2)32-26-13)12-30-19-10-6-17(7-11-19)23(29)31-15(3)22(28)25-18-8-4-16(5-9-18)21(24)27/h4-11,15H,12H2,1-3H3,(H2,24,27)(H,25,28). The van der Waals surface area contributed by atoms with E-state index in [2.05, 4.69) is 10.5 Å². The number of benzene rings is 2. The van der Waals surface area contributed by atoms with E-state index in [-0.39, 0.29) is 5.56 Å². The van der Waals surface area contributed by atoms with Crippen molar-refractivity contribution >= 4 is 23.5 Å². The van der Waals surface area contributed by atoms with Crippen molar-refractivity contribution < 1.29 is 28.4 Å². The second-order valence-corrected chi connectivity index (χ2v) is 7.09. The molecule has 0 aliphatic heterocycles. The molecule has 0 aliphatic carbocycles. The Bertz CT molecular complexity index is 1100. The molecule has 3 aromatic rings. The third-order valence-corrected chi connectivity index (χ3v) is 4.74. The van der Waals surface area contributed by atoms with Crippen molar-refractivity contribution in [3.8, 4) is 5.75 Å². The van der Waals surface area contributed by atoms with E-state index in [1.54, 1.807) is 24.3 Å². The fraction of sp³-hybridized carbons (Fsp3) is 0.217. The fourth-order valence-electron chi connectivity index (χ4n) is 2.79. The van der Waals surface area contributed by atoms with E-state index in [1.807, 2.05) is 13.8 Å². The molecule has 1 atom stereocenters. The van der Waals surface area contributed by atoms with Crippen LogP contribution >= 0.6 is 0 Å². The molecule has 0 bridgehead atoms. The lowest BCUT2D eigenvalue weighted by atomic mass is 10.2. The molecular weight excluding hydrogens is 414 g/mol. The van der Waals surface area contributed by atoms with Crippen LogP contribution in [0.3, 0.4) is 0 Å². The molecule has 2 aromatic carbocycles. The van der Waals surface area contributed by atoms with Gasteiger partial charge in [-0.3, -0.25) is 9.59 Å². The van der Waals surface area contributed by atoms with Crippen LogP contribution in [0.15, 0.2) is 53.1 Å². The summed E-state index contributed by atoms with van der Waals surface area (Å²) >= 11 is 0. The minimum Gasteiger partial charge on any atom is -0.489 e. The van der Waals surface area contributed by atoms with E-state index in [0.717, 1.165) is 11.3 Å². The minimum absolute atomic E-state index is 0.278. The number of nitrogens with zero attached hydrogens (tertiary/aromatic N) is 1. The van der Waals surface area contributed by atoms with Gasteiger partial charge in [-0.2, -0.15) is 0 Å². The highest BCUT2D eigenvalue weighted by atomic mass is 16.5. The Morgan fingerprint density at radius 1 is 1.03 bits per heavy atom. The molecular formula is C23H23N3O6. The summed E-state index contributed by atoms with van der Waals surface area (Å²) in [5.41, 5.74) is 7.87. The maximum Gasteiger partial charge on any atom is 0.338 e. The highest BCUT2D eigenvalue weighted by Crippen LogP contribution is 2.19. The number of rotatable bonds is 8. The molecule has 1 aromatic heterocycles. The van der Waals surface area contributed by atoms with Crippen molar-refractivity contribution in [3.05, 3.63) is 76.7 Å². The largest absolute Gasteiger partial charge is 0.489 e. The second kappa shape index (κ2) is 9.78. The number of nitrogens with one attached hydrogen (secondary N) is 1. The molecule has 1 heterocycles. The molecule has 9 nitrogen and oxygen atoms in total. The smallest absolute Gasteiger partial charge is 0.338 e. The lowest BCUT2D eigenvalue weighted by Crippen LogP contribution is -2.30. The summed E-state index contributed by atoms with van der Waals surface area (Å²) in [5, 5.41) is 6.49. The molecule has 0 saturated heterocycles. The molecule has 2 amide bonds. The number of esters is 1. The van der Waals surface area contributed by atoms with E-state index >= 15 is 0 Å². The third-order valence-electron chi connectivity index (χ3n) is 4.74. The Balaban J connectivity index is 1.53. The van der Waals surface area contributed by atoms with Crippen molar-refractivity contribution in [2.45, 2.75) is 33.5 Å². The van der Waals surface area contributed by atoms with Crippen molar-refractivity contribution in [2.24, 2.45) is 5.73 Å². The number of hydrogen-bond donors (Lipinski definition) is 2. The lowest BCUT2D eigenvalue weighted by molar-refractivity contribution is -0.123. The van der Waals surface area contributed by atoms with Gasteiger partial charge in [-0.25, -0.2) is 4.79 Å². The fourth-order valence-corrected chi connectivity index (χ4v) is 2.79. The summed E-state index contributed by atoms with van der Waals surface area (Å²) in [6.45, 7) is 5.40. The second-order valence-electron chi connectivity index (χ2n) is 7.09. The first-order valence-corrected chi connectivity index (χ1v) is 9.81. The monoisotopic (exact) mass is 437 g/mol. The predicted octanol–water partition coefficient (Wildman–Crippen LogP) is 3.15. The molecule has 0 spiro atoms. The van der Waals surface area contributed by atoms with Gasteiger partial charge in [-0.1, -0.05) is 5.16 Å². The normalized spacial score (nSPS) is 11.5. The van der Waals surface area contributed by atoms with Gasteiger partial charge < -0.3 is 25.0 Å². The van der Waals surface area contributed by atoms with Gasteiger partial charge in [0.1, 0.15) is 18.1 Å². The number of nitrogens with two attached hydrogens (primary N) is 1. The number of aryl methyl sites for hydroxylation is 2. The third kappa shape index (κ3) is 5.51. The van der Waals surface area contributed by atoms with E-state index in [4.69, 9.17) is 19.7 Å². The van der Waals surface area contributed by atoms with Gasteiger partial charge in [0.05, 0.1) is 16.8 Å². The number of carbonyl (C=O) groups is 3. The summed E-state index contributed by atoms with van der Waals surface area (Å²) in [6, 6.07) is 12.4. The quantitative estimate of drug-likeness (QED) is 0.517. The van der Waals surface area contributed by atoms with Crippen LogP contribution in [0.5, 0.6) is 5.75 Å². The molecule has 0 fully saturated rings. The van der Waals surface area contributed by atoms with Crippen molar-refractivity contribution in [1.29, 1.82) is 0 Å². The first-order chi connectivity index (χ1) is 15.2. The van der Waals surface area contributed by atoms with Gasteiger partial charge in [-0.15, -0.1) is 0 Å². The van der Waals surface area contributed by atoms with E-state index in [1.165, 1.54) is 31.2 Å². The van der Waals surface area contributed by atoms with Crippen molar-refractivity contribution in [2.75, 3.05) is 5.32 Å². The molecule has 0 radical (unpaired) electrons. The van der Waals surface area contributed by atoms with Crippen LogP contribution in [-0.4, -0.2) is 29.0 Å². The molecule has 3 rings (SSSR count). The Kier molecular flexibility index (Phi) is 6.89. The van der Waals surface area contributed by atoms with Gasteiger partial charge >= 0.3 is 5.97 Å². The number of anilines is 1. The van der Waals surface area contributed by atoms with Crippen LogP contribution in [0.25, 0.3) is 0 Å². The van der Waals surface area contributed by atoms with Gasteiger partial charge in [-0.05, 0) is 69.3 Å². The van der Waals surface area contributed by atoms with Crippen LogP contribution in [-0.2, 0) is 16.1 Å². The summed E-state index contributed by atoms with van der Waals surface area (Å²) in [4.78, 5) is 35.8. The van der Waals surface area contributed by atoms with E-state index < -0.39 is 23.9 Å². The summed E-state index contributed by atoms with van der Waals surface area (Å²) < 4.78 is 16.0. The average molecular weight is 437 g/mol.